The number of ether oxygens (including phenoxy) is 2. The number of nitrogens with two attached hydrogens (primary N) is 1. The van der Waals surface area contributed by atoms with Gasteiger partial charge in [0.15, 0.2) is 5.54 Å². The quantitative estimate of drug-likeness (QED) is 0.567. The van der Waals surface area contributed by atoms with Gasteiger partial charge in [-0.05, 0) is 74.2 Å². The second-order valence-corrected chi connectivity index (χ2v) is 7.95. The minimum absolute atomic E-state index is 0.0866. The second kappa shape index (κ2) is 10.3. The van der Waals surface area contributed by atoms with Crippen LogP contribution in [0.25, 0.3) is 11.1 Å². The van der Waals surface area contributed by atoms with E-state index in [1.54, 1.807) is 6.20 Å². The van der Waals surface area contributed by atoms with Crippen LogP contribution < -0.4 is 10.5 Å². The number of aryl methyl sites for hydroxylation is 1. The van der Waals surface area contributed by atoms with Crippen LogP contribution in [0, 0.1) is 12.7 Å². The van der Waals surface area contributed by atoms with E-state index in [-0.39, 0.29) is 24.5 Å². The monoisotopic (exact) mass is 449 g/mol. The highest BCUT2D eigenvalue weighted by Gasteiger charge is 2.40. The fourth-order valence-electron chi connectivity index (χ4n) is 3.71. The van der Waals surface area contributed by atoms with Crippen molar-refractivity contribution in [3.8, 4) is 16.9 Å². The Labute approximate surface area is 193 Å². The van der Waals surface area contributed by atoms with Gasteiger partial charge < -0.3 is 20.0 Å². The number of carbonyl (C=O) groups is 1. The summed E-state index contributed by atoms with van der Waals surface area (Å²) in [5.74, 6) is 0.454. The topological polar surface area (TPSA) is 86.8 Å². The van der Waals surface area contributed by atoms with Crippen molar-refractivity contribution in [1.29, 1.82) is 0 Å². The molecule has 1 aliphatic rings. The van der Waals surface area contributed by atoms with Crippen LogP contribution in [0.1, 0.15) is 37.5 Å². The van der Waals surface area contributed by atoms with Gasteiger partial charge in [-0.1, -0.05) is 24.3 Å². The first-order chi connectivity index (χ1) is 15.8. The smallest absolute Gasteiger partial charge is 0.283 e. The van der Waals surface area contributed by atoms with Gasteiger partial charge in [-0.15, -0.1) is 0 Å². The zero-order valence-corrected chi connectivity index (χ0v) is 19.2. The molecule has 0 aliphatic carbocycles. The first-order valence-corrected chi connectivity index (χ1v) is 10.7. The number of amidine groups is 1. The Bertz CT molecular complexity index is 1160. The molecule has 3 aromatic rings. The standard InChI is InChI=1S/C24H24FN3O2.C2H4O/c1-15(2)30-22-8-7-20(9-16(22)3)24(14-29-23(26)28-24)19-6-4-5-17(10-19)18-11-21(25)13-27-12-18;1-2-3/h4-13,15H,14H2,1-3H3,(H2,26,28);2H,1H3. The first-order valence-electron chi connectivity index (χ1n) is 10.7. The SMILES string of the molecule is CC=O.Cc1cc(C2(c3cccc(-c4cncc(F)c4)c3)COC(N)=N2)ccc1OC(C)C. The predicted octanol–water partition coefficient (Wildman–Crippen LogP) is 4.78. The van der Waals surface area contributed by atoms with Crippen LogP contribution in [-0.4, -0.2) is 30.0 Å². The molecular weight excluding hydrogens is 421 g/mol. The summed E-state index contributed by atoms with van der Waals surface area (Å²) < 4.78 is 25.2. The summed E-state index contributed by atoms with van der Waals surface area (Å²) in [7, 11) is 0. The molecule has 0 radical (unpaired) electrons. The van der Waals surface area contributed by atoms with Crippen molar-refractivity contribution < 1.29 is 18.7 Å². The van der Waals surface area contributed by atoms with Crippen molar-refractivity contribution in [2.45, 2.75) is 39.3 Å². The molecule has 0 bridgehead atoms. The van der Waals surface area contributed by atoms with Gasteiger partial charge in [-0.3, -0.25) is 4.98 Å². The highest BCUT2D eigenvalue weighted by Crippen LogP contribution is 2.40. The Hall–Kier alpha value is -3.74. The van der Waals surface area contributed by atoms with Crippen LogP contribution in [0.2, 0.25) is 0 Å². The van der Waals surface area contributed by atoms with Crippen LogP contribution in [0.3, 0.4) is 0 Å². The molecule has 2 aromatic carbocycles. The average Bonchev–Trinajstić information content (AvgIpc) is 3.18. The minimum atomic E-state index is -0.790. The molecule has 6 nitrogen and oxygen atoms in total. The molecule has 0 saturated heterocycles. The van der Waals surface area contributed by atoms with Crippen LogP contribution in [-0.2, 0) is 15.1 Å². The summed E-state index contributed by atoms with van der Waals surface area (Å²) in [4.78, 5) is 17.5. The maximum absolute atomic E-state index is 13.7. The van der Waals surface area contributed by atoms with Crippen LogP contribution >= 0.6 is 0 Å². The molecule has 0 amide bonds. The fraction of sp³-hybridized carbons (Fsp3) is 0.269. The minimum Gasteiger partial charge on any atom is -0.491 e. The van der Waals surface area contributed by atoms with Crippen LogP contribution in [0.5, 0.6) is 5.75 Å². The molecule has 4 rings (SSSR count). The van der Waals surface area contributed by atoms with E-state index in [2.05, 4.69) is 16.0 Å². The van der Waals surface area contributed by atoms with E-state index in [0.29, 0.717) is 5.56 Å². The summed E-state index contributed by atoms with van der Waals surface area (Å²) >= 11 is 0. The Balaban J connectivity index is 0.000000968. The molecule has 1 aromatic heterocycles. The zero-order chi connectivity index (χ0) is 24.0. The maximum atomic E-state index is 13.7. The van der Waals surface area contributed by atoms with Crippen molar-refractivity contribution in [3.63, 3.8) is 0 Å². The molecule has 0 saturated carbocycles. The van der Waals surface area contributed by atoms with E-state index >= 15 is 0 Å². The van der Waals surface area contributed by atoms with Gasteiger partial charge in [0.2, 0.25) is 0 Å². The molecule has 1 atom stereocenters. The Morgan fingerprint density at radius 3 is 2.45 bits per heavy atom. The molecule has 0 fully saturated rings. The summed E-state index contributed by atoms with van der Waals surface area (Å²) in [5.41, 5.74) is 9.54. The lowest BCUT2D eigenvalue weighted by Crippen LogP contribution is -2.27. The molecule has 7 heteroatoms. The zero-order valence-electron chi connectivity index (χ0n) is 19.2. The molecule has 1 aliphatic heterocycles. The highest BCUT2D eigenvalue weighted by atomic mass is 19.1. The van der Waals surface area contributed by atoms with E-state index < -0.39 is 5.54 Å². The Morgan fingerprint density at radius 2 is 1.85 bits per heavy atom. The third kappa shape index (κ3) is 5.37. The third-order valence-corrected chi connectivity index (χ3v) is 5.12. The summed E-state index contributed by atoms with van der Waals surface area (Å²) in [6.07, 6.45) is 3.66. The number of carbonyl (C=O) groups excluding carboxylic acids is 1. The molecule has 33 heavy (non-hydrogen) atoms. The van der Waals surface area contributed by atoms with Crippen LogP contribution in [0.15, 0.2) is 65.9 Å². The molecular formula is C26H28FN3O3. The van der Waals surface area contributed by atoms with Gasteiger partial charge in [0, 0.05) is 11.8 Å². The molecule has 2 N–H and O–H groups in total. The third-order valence-electron chi connectivity index (χ3n) is 5.12. The number of pyridine rings is 1. The number of rotatable bonds is 5. The first kappa shape index (κ1) is 23.9. The molecule has 2 heterocycles. The summed E-state index contributed by atoms with van der Waals surface area (Å²) in [5, 5.41) is 0. The van der Waals surface area contributed by atoms with Crippen molar-refractivity contribution >= 4 is 12.3 Å². The van der Waals surface area contributed by atoms with E-state index in [0.717, 1.165) is 34.3 Å². The molecule has 0 spiro atoms. The maximum Gasteiger partial charge on any atom is 0.283 e. The molecule has 172 valence electrons. The van der Waals surface area contributed by atoms with Gasteiger partial charge >= 0.3 is 0 Å². The lowest BCUT2D eigenvalue weighted by molar-refractivity contribution is -0.106. The number of aldehydes is 1. The number of aliphatic imine (C=N–C) groups is 1. The fourth-order valence-corrected chi connectivity index (χ4v) is 3.71. The van der Waals surface area contributed by atoms with Gasteiger partial charge in [0.05, 0.1) is 12.3 Å². The number of hydrogen-bond acceptors (Lipinski definition) is 6. The van der Waals surface area contributed by atoms with Gasteiger partial charge in [-0.2, -0.15) is 0 Å². The number of hydrogen-bond donors (Lipinski definition) is 1. The molecule has 1 unspecified atom stereocenters. The Morgan fingerprint density at radius 1 is 1.12 bits per heavy atom. The van der Waals surface area contributed by atoms with Gasteiger partial charge in [0.25, 0.3) is 6.02 Å². The van der Waals surface area contributed by atoms with Crippen molar-refractivity contribution in [3.05, 3.63) is 83.4 Å². The lowest BCUT2D eigenvalue weighted by atomic mass is 9.82. The van der Waals surface area contributed by atoms with Gasteiger partial charge in [0.1, 0.15) is 24.5 Å². The summed E-state index contributed by atoms with van der Waals surface area (Å²) in [6, 6.07) is 15.4. The van der Waals surface area contributed by atoms with E-state index in [9.17, 15) is 4.39 Å². The Kier molecular flexibility index (Phi) is 7.43. The largest absolute Gasteiger partial charge is 0.491 e. The van der Waals surface area contributed by atoms with Crippen molar-refractivity contribution in [2.75, 3.05) is 6.61 Å². The van der Waals surface area contributed by atoms with E-state index in [4.69, 9.17) is 20.0 Å². The number of aromatic nitrogens is 1. The number of benzene rings is 2. The predicted molar refractivity (Wildman–Crippen MR) is 127 cm³/mol. The normalized spacial score (nSPS) is 17.0. The average molecular weight is 450 g/mol. The van der Waals surface area contributed by atoms with E-state index in [1.807, 2.05) is 57.2 Å². The van der Waals surface area contributed by atoms with Crippen LogP contribution in [0.4, 0.5) is 4.39 Å². The van der Waals surface area contributed by atoms with E-state index in [1.165, 1.54) is 19.2 Å². The second-order valence-electron chi connectivity index (χ2n) is 7.95. The number of nitrogens with zero attached hydrogens (tertiary/aromatic N) is 2. The van der Waals surface area contributed by atoms with Gasteiger partial charge in [-0.25, -0.2) is 9.38 Å². The lowest BCUT2D eigenvalue weighted by Gasteiger charge is -2.27. The van der Waals surface area contributed by atoms with Crippen molar-refractivity contribution in [1.82, 2.24) is 4.98 Å². The number of halogens is 1. The highest BCUT2D eigenvalue weighted by molar-refractivity contribution is 5.76. The van der Waals surface area contributed by atoms with Crippen molar-refractivity contribution in [2.24, 2.45) is 10.7 Å². The summed E-state index contributed by atoms with van der Waals surface area (Å²) in [6.45, 7) is 7.73.